The van der Waals surface area contributed by atoms with Gasteiger partial charge in [0.1, 0.15) is 23.1 Å². The van der Waals surface area contributed by atoms with Gasteiger partial charge in [-0.05, 0) is 31.5 Å². The van der Waals surface area contributed by atoms with Gasteiger partial charge >= 0.3 is 0 Å². The molecule has 1 atom stereocenters. The van der Waals surface area contributed by atoms with Crippen molar-refractivity contribution in [1.29, 1.82) is 0 Å². The Bertz CT molecular complexity index is 999. The van der Waals surface area contributed by atoms with Gasteiger partial charge < -0.3 is 20.3 Å². The van der Waals surface area contributed by atoms with Gasteiger partial charge in [0.2, 0.25) is 5.91 Å². The molecular formula is C21H22N4O4. The van der Waals surface area contributed by atoms with E-state index in [9.17, 15) is 14.7 Å². The maximum atomic E-state index is 12.7. The number of pyridine rings is 1. The highest BCUT2D eigenvalue weighted by Crippen LogP contribution is 2.24. The van der Waals surface area contributed by atoms with Crippen molar-refractivity contribution >= 4 is 11.8 Å². The van der Waals surface area contributed by atoms with Crippen LogP contribution in [0.1, 0.15) is 34.3 Å². The average molecular weight is 394 g/mol. The normalized spacial score (nSPS) is 11.7. The molecule has 29 heavy (non-hydrogen) atoms. The summed E-state index contributed by atoms with van der Waals surface area (Å²) in [5.41, 5.74) is 3.12. The predicted octanol–water partition coefficient (Wildman–Crippen LogP) is 1.97. The lowest BCUT2D eigenvalue weighted by Gasteiger charge is -2.09. The molecule has 0 spiro atoms. The van der Waals surface area contributed by atoms with Crippen LogP contribution in [0.3, 0.4) is 0 Å². The highest BCUT2D eigenvalue weighted by molar-refractivity contribution is 6.00. The number of carbonyl (C=O) groups is 2. The highest BCUT2D eigenvalue weighted by atomic mass is 16.5. The van der Waals surface area contributed by atoms with Crippen molar-refractivity contribution in [2.24, 2.45) is 0 Å². The molecule has 2 heterocycles. The molecule has 2 aromatic heterocycles. The summed E-state index contributed by atoms with van der Waals surface area (Å²) in [7, 11) is 0. The number of aromatic nitrogens is 2. The first kappa shape index (κ1) is 20.2. The Hall–Kier alpha value is -3.52. The molecule has 0 bridgehead atoms. The van der Waals surface area contributed by atoms with Crippen molar-refractivity contribution in [3.63, 3.8) is 0 Å². The van der Waals surface area contributed by atoms with Crippen LogP contribution in [0.25, 0.3) is 11.3 Å². The topological polar surface area (TPSA) is 117 Å². The first-order chi connectivity index (χ1) is 14.0. The molecule has 150 valence electrons. The Balaban J connectivity index is 1.67. The number of hydrogen-bond acceptors (Lipinski definition) is 6. The zero-order valence-corrected chi connectivity index (χ0v) is 16.2. The van der Waals surface area contributed by atoms with Crippen molar-refractivity contribution in [1.82, 2.24) is 20.8 Å². The molecule has 0 unspecified atom stereocenters. The fourth-order valence-corrected chi connectivity index (χ4v) is 2.76. The van der Waals surface area contributed by atoms with Crippen molar-refractivity contribution < 1.29 is 19.2 Å². The SMILES string of the molecule is Cc1onc(-c2ccccc2)c1C(=O)NCc1cc(CNC(=O)[C@@H](C)O)ccn1. The average Bonchev–Trinajstić information content (AvgIpc) is 3.12. The van der Waals surface area contributed by atoms with Crippen LogP contribution in [0.2, 0.25) is 0 Å². The second kappa shape index (κ2) is 9.11. The smallest absolute Gasteiger partial charge is 0.257 e. The van der Waals surface area contributed by atoms with Crippen molar-refractivity contribution in [2.45, 2.75) is 33.0 Å². The largest absolute Gasteiger partial charge is 0.384 e. The van der Waals surface area contributed by atoms with E-state index in [0.29, 0.717) is 22.7 Å². The van der Waals surface area contributed by atoms with Gasteiger partial charge in [0.05, 0.1) is 12.2 Å². The minimum Gasteiger partial charge on any atom is -0.384 e. The highest BCUT2D eigenvalue weighted by Gasteiger charge is 2.21. The lowest BCUT2D eigenvalue weighted by Crippen LogP contribution is -2.32. The molecule has 3 N–H and O–H groups in total. The fourth-order valence-electron chi connectivity index (χ4n) is 2.76. The Morgan fingerprint density at radius 3 is 2.62 bits per heavy atom. The molecule has 3 aromatic rings. The quantitative estimate of drug-likeness (QED) is 0.564. The van der Waals surface area contributed by atoms with Gasteiger partial charge in [-0.1, -0.05) is 35.5 Å². The molecule has 1 aromatic carbocycles. The van der Waals surface area contributed by atoms with Crippen LogP contribution < -0.4 is 10.6 Å². The number of hydrogen-bond donors (Lipinski definition) is 3. The monoisotopic (exact) mass is 394 g/mol. The summed E-state index contributed by atoms with van der Waals surface area (Å²) in [6, 6.07) is 12.9. The minimum absolute atomic E-state index is 0.204. The third kappa shape index (κ3) is 5.05. The van der Waals surface area contributed by atoms with E-state index in [2.05, 4.69) is 20.8 Å². The van der Waals surface area contributed by atoms with Gasteiger partial charge in [0, 0.05) is 18.3 Å². The van der Waals surface area contributed by atoms with E-state index in [-0.39, 0.29) is 19.0 Å². The number of carbonyl (C=O) groups excluding carboxylic acids is 2. The van der Waals surface area contributed by atoms with Crippen LogP contribution in [-0.4, -0.2) is 33.2 Å². The third-order valence-corrected chi connectivity index (χ3v) is 4.29. The van der Waals surface area contributed by atoms with Crippen LogP contribution >= 0.6 is 0 Å². The maximum absolute atomic E-state index is 12.7. The Kier molecular flexibility index (Phi) is 6.36. The Labute approximate surface area is 168 Å². The third-order valence-electron chi connectivity index (χ3n) is 4.29. The summed E-state index contributed by atoms with van der Waals surface area (Å²) in [5.74, 6) is -0.325. The summed E-state index contributed by atoms with van der Waals surface area (Å²) in [4.78, 5) is 28.5. The summed E-state index contributed by atoms with van der Waals surface area (Å²) in [5, 5.41) is 18.7. The molecule has 8 nitrogen and oxygen atoms in total. The van der Waals surface area contributed by atoms with E-state index in [0.717, 1.165) is 11.1 Å². The molecule has 3 rings (SSSR count). The first-order valence-corrected chi connectivity index (χ1v) is 9.15. The molecule has 0 saturated heterocycles. The molecule has 0 saturated carbocycles. The first-order valence-electron chi connectivity index (χ1n) is 9.15. The van der Waals surface area contributed by atoms with E-state index >= 15 is 0 Å². The number of benzene rings is 1. The Morgan fingerprint density at radius 2 is 1.90 bits per heavy atom. The molecule has 0 aliphatic heterocycles. The number of amides is 2. The second-order valence-corrected chi connectivity index (χ2v) is 6.56. The maximum Gasteiger partial charge on any atom is 0.257 e. The standard InChI is InChI=1S/C21H22N4O4/c1-13(26)20(27)23-11-15-8-9-22-17(10-15)12-24-21(28)18-14(2)29-25-19(18)16-6-4-3-5-7-16/h3-10,13,26H,11-12H2,1-2H3,(H,23,27)(H,24,28)/t13-/m1/s1. The van der Waals surface area contributed by atoms with Crippen LogP contribution in [0.5, 0.6) is 0 Å². The Morgan fingerprint density at radius 1 is 1.14 bits per heavy atom. The van der Waals surface area contributed by atoms with Crippen LogP contribution in [0.15, 0.2) is 53.2 Å². The van der Waals surface area contributed by atoms with Crippen molar-refractivity contribution in [3.05, 3.63) is 71.2 Å². The number of nitrogens with one attached hydrogen (secondary N) is 2. The number of nitrogens with zero attached hydrogens (tertiary/aromatic N) is 2. The van der Waals surface area contributed by atoms with E-state index in [4.69, 9.17) is 4.52 Å². The zero-order valence-electron chi connectivity index (χ0n) is 16.2. The fraction of sp³-hybridized carbons (Fsp3) is 0.238. The van der Waals surface area contributed by atoms with E-state index in [1.54, 1.807) is 25.3 Å². The van der Waals surface area contributed by atoms with Gasteiger partial charge in [0.15, 0.2) is 0 Å². The van der Waals surface area contributed by atoms with Gasteiger partial charge in [-0.3, -0.25) is 14.6 Å². The summed E-state index contributed by atoms with van der Waals surface area (Å²) in [6.07, 6.45) is 0.534. The number of aliphatic hydroxyl groups is 1. The van der Waals surface area contributed by atoms with Crippen molar-refractivity contribution in [2.75, 3.05) is 0 Å². The molecule has 2 amide bonds. The molecular weight excluding hydrogens is 372 g/mol. The molecule has 0 aliphatic carbocycles. The van der Waals surface area contributed by atoms with E-state index in [1.165, 1.54) is 6.92 Å². The van der Waals surface area contributed by atoms with Gasteiger partial charge in [-0.25, -0.2) is 0 Å². The summed E-state index contributed by atoms with van der Waals surface area (Å²) >= 11 is 0. The van der Waals surface area contributed by atoms with Gasteiger partial charge in [0.25, 0.3) is 5.91 Å². The predicted molar refractivity (Wildman–Crippen MR) is 106 cm³/mol. The summed E-state index contributed by atoms with van der Waals surface area (Å²) < 4.78 is 5.23. The lowest BCUT2D eigenvalue weighted by atomic mass is 10.1. The number of aryl methyl sites for hydroxylation is 1. The molecule has 0 radical (unpaired) electrons. The molecule has 0 fully saturated rings. The van der Waals surface area contributed by atoms with Crippen LogP contribution in [0, 0.1) is 6.92 Å². The van der Waals surface area contributed by atoms with E-state index in [1.807, 2.05) is 30.3 Å². The molecule has 0 aliphatic rings. The van der Waals surface area contributed by atoms with Crippen LogP contribution in [0.4, 0.5) is 0 Å². The second-order valence-electron chi connectivity index (χ2n) is 6.56. The number of rotatable bonds is 7. The minimum atomic E-state index is -1.07. The van der Waals surface area contributed by atoms with Gasteiger partial charge in [-0.2, -0.15) is 0 Å². The van der Waals surface area contributed by atoms with Gasteiger partial charge in [-0.15, -0.1) is 0 Å². The van der Waals surface area contributed by atoms with Crippen LogP contribution in [-0.2, 0) is 17.9 Å². The summed E-state index contributed by atoms with van der Waals surface area (Å²) in [6.45, 7) is 3.56. The van der Waals surface area contributed by atoms with Crippen molar-refractivity contribution in [3.8, 4) is 11.3 Å². The molecule has 8 heteroatoms. The zero-order chi connectivity index (χ0) is 20.8. The lowest BCUT2D eigenvalue weighted by molar-refractivity contribution is -0.128. The number of aliphatic hydroxyl groups excluding tert-OH is 1. The van der Waals surface area contributed by atoms with E-state index < -0.39 is 12.0 Å².